The van der Waals surface area contributed by atoms with Crippen LogP contribution in [-0.2, 0) is 6.54 Å². The zero-order chi connectivity index (χ0) is 10.4. The summed E-state index contributed by atoms with van der Waals surface area (Å²) in [4.78, 5) is 0. The number of rotatable bonds is 5. The Balaban J connectivity index is 2.35. The van der Waals surface area contributed by atoms with E-state index >= 15 is 0 Å². The van der Waals surface area contributed by atoms with Gasteiger partial charge in [-0.1, -0.05) is 34.1 Å². The van der Waals surface area contributed by atoms with Crippen molar-refractivity contribution in [3.8, 4) is 0 Å². The highest BCUT2D eigenvalue weighted by Crippen LogP contribution is 2.15. The molecule has 4 heteroatoms. The number of hydrogen-bond donors (Lipinski definition) is 3. The van der Waals surface area contributed by atoms with E-state index in [2.05, 4.69) is 21.2 Å². The first-order valence-corrected chi connectivity index (χ1v) is 5.26. The third-order valence-corrected chi connectivity index (χ3v) is 2.64. The van der Waals surface area contributed by atoms with Crippen molar-refractivity contribution in [3.63, 3.8) is 0 Å². The van der Waals surface area contributed by atoms with Gasteiger partial charge in [-0.15, -0.1) is 0 Å². The molecule has 0 fully saturated rings. The number of benzene rings is 1. The maximum Gasteiger partial charge on any atom is 0.0895 e. The van der Waals surface area contributed by atoms with Gasteiger partial charge in [0.05, 0.1) is 12.7 Å². The fourth-order valence-electron chi connectivity index (χ4n) is 1.08. The molecule has 1 rings (SSSR count). The minimum atomic E-state index is -0.683. The molecule has 0 aliphatic rings. The van der Waals surface area contributed by atoms with Crippen molar-refractivity contribution < 1.29 is 10.2 Å². The molecule has 0 bridgehead atoms. The SMILES string of the molecule is OC[C@H](O)CNCc1ccccc1Br. The number of aliphatic hydroxyl groups is 2. The highest BCUT2D eigenvalue weighted by atomic mass is 79.9. The highest BCUT2D eigenvalue weighted by Gasteiger charge is 2.01. The van der Waals surface area contributed by atoms with Gasteiger partial charge in [-0.3, -0.25) is 0 Å². The molecular formula is C10H14BrNO2. The molecule has 1 aromatic carbocycles. The Morgan fingerprint density at radius 1 is 1.36 bits per heavy atom. The Morgan fingerprint density at radius 3 is 2.71 bits per heavy atom. The van der Waals surface area contributed by atoms with E-state index in [9.17, 15) is 0 Å². The molecule has 0 heterocycles. The third kappa shape index (κ3) is 3.75. The largest absolute Gasteiger partial charge is 0.394 e. The number of aliphatic hydroxyl groups excluding tert-OH is 2. The lowest BCUT2D eigenvalue weighted by Crippen LogP contribution is -2.28. The van der Waals surface area contributed by atoms with Crippen LogP contribution in [0.2, 0.25) is 0 Å². The molecule has 0 saturated carbocycles. The summed E-state index contributed by atoms with van der Waals surface area (Å²) in [5, 5.41) is 20.7. The van der Waals surface area contributed by atoms with Crippen molar-refractivity contribution in [2.45, 2.75) is 12.6 Å². The van der Waals surface area contributed by atoms with Crippen LogP contribution in [0.25, 0.3) is 0 Å². The van der Waals surface area contributed by atoms with E-state index in [0.717, 1.165) is 10.0 Å². The lowest BCUT2D eigenvalue weighted by molar-refractivity contribution is 0.0942. The molecule has 14 heavy (non-hydrogen) atoms. The molecule has 1 atom stereocenters. The van der Waals surface area contributed by atoms with Crippen molar-refractivity contribution in [1.82, 2.24) is 5.32 Å². The molecule has 0 aromatic heterocycles. The van der Waals surface area contributed by atoms with Gasteiger partial charge in [0.25, 0.3) is 0 Å². The maximum atomic E-state index is 9.08. The maximum absolute atomic E-state index is 9.08. The average Bonchev–Trinajstić information content (AvgIpc) is 2.20. The topological polar surface area (TPSA) is 52.5 Å². The van der Waals surface area contributed by atoms with Crippen LogP contribution >= 0.6 is 15.9 Å². The quantitative estimate of drug-likeness (QED) is 0.737. The van der Waals surface area contributed by atoms with Crippen LogP contribution in [0.4, 0.5) is 0 Å². The Bertz CT molecular complexity index is 281. The lowest BCUT2D eigenvalue weighted by Gasteiger charge is -2.09. The summed E-state index contributed by atoms with van der Waals surface area (Å²) in [6.45, 7) is 0.874. The number of hydrogen-bond acceptors (Lipinski definition) is 3. The Hall–Kier alpha value is -0.420. The monoisotopic (exact) mass is 259 g/mol. The van der Waals surface area contributed by atoms with E-state index < -0.39 is 6.10 Å². The smallest absolute Gasteiger partial charge is 0.0895 e. The van der Waals surface area contributed by atoms with E-state index in [4.69, 9.17) is 10.2 Å². The fourth-order valence-corrected chi connectivity index (χ4v) is 1.50. The van der Waals surface area contributed by atoms with Crippen LogP contribution in [0.15, 0.2) is 28.7 Å². The van der Waals surface area contributed by atoms with Crippen LogP contribution in [0.3, 0.4) is 0 Å². The van der Waals surface area contributed by atoms with Gasteiger partial charge < -0.3 is 15.5 Å². The number of halogens is 1. The summed E-state index contributed by atoms with van der Waals surface area (Å²) in [6.07, 6.45) is -0.683. The second kappa shape index (κ2) is 6.14. The second-order valence-electron chi connectivity index (χ2n) is 3.06. The van der Waals surface area contributed by atoms with Gasteiger partial charge in [0.1, 0.15) is 0 Å². The van der Waals surface area contributed by atoms with Crippen molar-refractivity contribution >= 4 is 15.9 Å². The minimum absolute atomic E-state index is 0.205. The van der Waals surface area contributed by atoms with Gasteiger partial charge in [0.2, 0.25) is 0 Å². The molecule has 1 aromatic rings. The molecule has 0 saturated heterocycles. The van der Waals surface area contributed by atoms with Gasteiger partial charge in [0.15, 0.2) is 0 Å². The van der Waals surface area contributed by atoms with Crippen molar-refractivity contribution in [2.24, 2.45) is 0 Å². The molecule has 0 radical (unpaired) electrons. The summed E-state index contributed by atoms with van der Waals surface area (Å²) in [5.41, 5.74) is 1.14. The Morgan fingerprint density at radius 2 is 2.07 bits per heavy atom. The van der Waals surface area contributed by atoms with E-state index in [0.29, 0.717) is 13.1 Å². The zero-order valence-corrected chi connectivity index (χ0v) is 9.37. The normalized spacial score (nSPS) is 12.8. The molecule has 3 nitrogen and oxygen atoms in total. The third-order valence-electron chi connectivity index (χ3n) is 1.86. The molecule has 0 amide bonds. The molecule has 0 aliphatic heterocycles. The summed E-state index contributed by atoms with van der Waals surface area (Å²) < 4.78 is 1.05. The second-order valence-corrected chi connectivity index (χ2v) is 3.91. The first kappa shape index (κ1) is 11.7. The zero-order valence-electron chi connectivity index (χ0n) is 7.78. The lowest BCUT2D eigenvalue weighted by atomic mass is 10.2. The highest BCUT2D eigenvalue weighted by molar-refractivity contribution is 9.10. The summed E-state index contributed by atoms with van der Waals surface area (Å²) >= 11 is 3.43. The van der Waals surface area contributed by atoms with Crippen LogP contribution in [-0.4, -0.2) is 29.5 Å². The molecular weight excluding hydrogens is 246 g/mol. The standard InChI is InChI=1S/C10H14BrNO2/c11-10-4-2-1-3-8(10)5-12-6-9(14)7-13/h1-4,9,12-14H,5-7H2/t9-/m1/s1. The molecule has 0 spiro atoms. The van der Waals surface area contributed by atoms with Crippen LogP contribution in [0.1, 0.15) is 5.56 Å². The predicted molar refractivity (Wildman–Crippen MR) is 58.9 cm³/mol. The molecule has 78 valence electrons. The molecule has 0 aliphatic carbocycles. The Labute approximate surface area is 91.9 Å². The van der Waals surface area contributed by atoms with Crippen LogP contribution in [0.5, 0.6) is 0 Å². The predicted octanol–water partition coefficient (Wildman–Crippen LogP) is 0.892. The summed E-state index contributed by atoms with van der Waals surface area (Å²) in [6, 6.07) is 7.89. The Kier molecular flexibility index (Phi) is 5.11. The van der Waals surface area contributed by atoms with Gasteiger partial charge in [-0.05, 0) is 11.6 Å². The van der Waals surface area contributed by atoms with Gasteiger partial charge in [-0.25, -0.2) is 0 Å². The molecule has 3 N–H and O–H groups in total. The van der Waals surface area contributed by atoms with E-state index in [1.54, 1.807) is 0 Å². The van der Waals surface area contributed by atoms with Crippen molar-refractivity contribution in [1.29, 1.82) is 0 Å². The van der Waals surface area contributed by atoms with Crippen LogP contribution in [0, 0.1) is 0 Å². The van der Waals surface area contributed by atoms with E-state index in [1.165, 1.54) is 0 Å². The van der Waals surface area contributed by atoms with Gasteiger partial charge >= 0.3 is 0 Å². The summed E-state index contributed by atoms with van der Waals surface area (Å²) in [7, 11) is 0. The minimum Gasteiger partial charge on any atom is -0.394 e. The first-order valence-electron chi connectivity index (χ1n) is 4.47. The van der Waals surface area contributed by atoms with Crippen molar-refractivity contribution in [3.05, 3.63) is 34.3 Å². The molecule has 0 unspecified atom stereocenters. The van der Waals surface area contributed by atoms with Gasteiger partial charge in [-0.2, -0.15) is 0 Å². The number of nitrogens with one attached hydrogen (secondary N) is 1. The van der Waals surface area contributed by atoms with E-state index in [1.807, 2.05) is 24.3 Å². The first-order chi connectivity index (χ1) is 6.74. The van der Waals surface area contributed by atoms with Crippen molar-refractivity contribution in [2.75, 3.05) is 13.2 Å². The van der Waals surface area contributed by atoms with Crippen LogP contribution < -0.4 is 5.32 Å². The summed E-state index contributed by atoms with van der Waals surface area (Å²) in [5.74, 6) is 0. The van der Waals surface area contributed by atoms with Gasteiger partial charge in [0, 0.05) is 17.6 Å². The average molecular weight is 260 g/mol. The van der Waals surface area contributed by atoms with E-state index in [-0.39, 0.29) is 6.61 Å². The fraction of sp³-hybridized carbons (Fsp3) is 0.400.